The molecule has 5 heteroatoms. The van der Waals surface area contributed by atoms with Gasteiger partial charge in [0.1, 0.15) is 19.0 Å². The second kappa shape index (κ2) is 5.86. The number of hydrogen-bond donors (Lipinski definition) is 2. The van der Waals surface area contributed by atoms with Crippen LogP contribution in [0.3, 0.4) is 0 Å². The molecule has 0 amide bonds. The van der Waals surface area contributed by atoms with Gasteiger partial charge in [0.05, 0.1) is 23.3 Å². The maximum absolute atomic E-state index is 12.1. The first-order chi connectivity index (χ1) is 8.81. The molecule has 0 radical (unpaired) electrons. The number of anilines is 3. The van der Waals surface area contributed by atoms with E-state index in [2.05, 4.69) is 10.3 Å². The van der Waals surface area contributed by atoms with Crippen molar-refractivity contribution in [3.8, 4) is 5.75 Å². The van der Waals surface area contributed by atoms with Crippen molar-refractivity contribution in [3.63, 3.8) is 0 Å². The van der Waals surface area contributed by atoms with Gasteiger partial charge in [0, 0.05) is 6.20 Å². The van der Waals surface area contributed by atoms with Crippen LogP contribution in [0, 0.1) is 0 Å². The minimum absolute atomic E-state index is 0.0290. The van der Waals surface area contributed by atoms with Crippen molar-refractivity contribution in [2.75, 3.05) is 24.3 Å². The molecule has 0 saturated heterocycles. The molecule has 0 unspecified atom stereocenters. The molecule has 0 aliphatic rings. The Morgan fingerprint density at radius 2 is 2.06 bits per heavy atom. The summed E-state index contributed by atoms with van der Waals surface area (Å²) in [5.41, 5.74) is 7.82. The molecular weight excluding hydrogens is 233 g/mol. The lowest BCUT2D eigenvalue weighted by Gasteiger charge is -2.13. The Labute approximate surface area is 105 Å². The van der Waals surface area contributed by atoms with E-state index in [0.717, 1.165) is 5.69 Å². The Morgan fingerprint density at radius 3 is 2.83 bits per heavy atom. The van der Waals surface area contributed by atoms with Crippen molar-refractivity contribution in [1.29, 1.82) is 0 Å². The molecule has 0 fully saturated rings. The molecule has 18 heavy (non-hydrogen) atoms. The number of rotatable bonds is 5. The quantitative estimate of drug-likeness (QED) is 0.852. The Kier molecular flexibility index (Phi) is 3.96. The van der Waals surface area contributed by atoms with Gasteiger partial charge in [-0.15, -0.1) is 0 Å². The highest BCUT2D eigenvalue weighted by atomic mass is 19.1. The number of pyridine rings is 1. The molecule has 0 saturated carbocycles. The molecule has 94 valence electrons. The number of benzene rings is 1. The van der Waals surface area contributed by atoms with E-state index < -0.39 is 6.67 Å². The number of nitrogens with one attached hydrogen (secondary N) is 1. The van der Waals surface area contributed by atoms with E-state index >= 15 is 0 Å². The zero-order valence-corrected chi connectivity index (χ0v) is 9.77. The van der Waals surface area contributed by atoms with Crippen LogP contribution in [0.5, 0.6) is 5.75 Å². The third-order valence-electron chi connectivity index (χ3n) is 2.35. The van der Waals surface area contributed by atoms with Gasteiger partial charge in [-0.1, -0.05) is 12.1 Å². The number of nitrogens with zero attached hydrogens (tertiary/aromatic N) is 1. The van der Waals surface area contributed by atoms with E-state index in [4.69, 9.17) is 10.5 Å². The molecule has 0 spiro atoms. The molecule has 1 heterocycles. The normalized spacial score (nSPS) is 10.1. The summed E-state index contributed by atoms with van der Waals surface area (Å²) in [6, 6.07) is 8.99. The molecule has 0 aliphatic heterocycles. The SMILES string of the molecule is Nc1ccncc1Nc1ccccc1OCCF. The fourth-order valence-electron chi connectivity index (χ4n) is 1.50. The maximum atomic E-state index is 12.1. The minimum Gasteiger partial charge on any atom is -0.489 e. The van der Waals surface area contributed by atoms with Crippen molar-refractivity contribution in [2.24, 2.45) is 0 Å². The summed E-state index contributed by atoms with van der Waals surface area (Å²) in [5, 5.41) is 3.11. The fraction of sp³-hybridized carbons (Fsp3) is 0.154. The van der Waals surface area contributed by atoms with Crippen LogP contribution in [0.1, 0.15) is 0 Å². The molecule has 1 aromatic heterocycles. The Bertz CT molecular complexity index is 519. The lowest BCUT2D eigenvalue weighted by Crippen LogP contribution is -2.03. The first kappa shape index (κ1) is 12.2. The van der Waals surface area contributed by atoms with E-state index in [9.17, 15) is 4.39 Å². The van der Waals surface area contributed by atoms with Crippen LogP contribution in [-0.2, 0) is 0 Å². The predicted molar refractivity (Wildman–Crippen MR) is 69.8 cm³/mol. The van der Waals surface area contributed by atoms with Crippen LogP contribution in [0.4, 0.5) is 21.5 Å². The highest BCUT2D eigenvalue weighted by Gasteiger charge is 2.05. The summed E-state index contributed by atoms with van der Waals surface area (Å²) < 4.78 is 17.4. The average molecular weight is 247 g/mol. The number of para-hydroxylation sites is 2. The summed E-state index contributed by atoms with van der Waals surface area (Å²) in [4.78, 5) is 3.99. The predicted octanol–water partition coefficient (Wildman–Crippen LogP) is 2.76. The number of nitrogens with two attached hydrogens (primary N) is 1. The van der Waals surface area contributed by atoms with Gasteiger partial charge in [-0.25, -0.2) is 4.39 Å². The second-order valence-corrected chi connectivity index (χ2v) is 3.62. The van der Waals surface area contributed by atoms with Crippen LogP contribution in [0.25, 0.3) is 0 Å². The molecule has 4 nitrogen and oxygen atoms in total. The first-order valence-electron chi connectivity index (χ1n) is 5.55. The molecule has 0 atom stereocenters. The van der Waals surface area contributed by atoms with Crippen molar-refractivity contribution in [1.82, 2.24) is 4.98 Å². The summed E-state index contributed by atoms with van der Waals surface area (Å²) >= 11 is 0. The number of halogens is 1. The van der Waals surface area contributed by atoms with Gasteiger partial charge in [0.2, 0.25) is 0 Å². The van der Waals surface area contributed by atoms with E-state index in [-0.39, 0.29) is 6.61 Å². The molecule has 2 aromatic rings. The fourth-order valence-corrected chi connectivity index (χ4v) is 1.50. The average Bonchev–Trinajstić information content (AvgIpc) is 2.40. The standard InChI is InChI=1S/C13H14FN3O/c14-6-8-18-13-4-2-1-3-11(13)17-12-9-16-7-5-10(12)15/h1-5,7,9,17H,6,8H2,(H2,15,16). The number of ether oxygens (including phenoxy) is 1. The van der Waals surface area contributed by atoms with E-state index in [0.29, 0.717) is 17.1 Å². The highest BCUT2D eigenvalue weighted by Crippen LogP contribution is 2.29. The highest BCUT2D eigenvalue weighted by molar-refractivity contribution is 5.74. The van der Waals surface area contributed by atoms with Gasteiger partial charge in [0.15, 0.2) is 0 Å². The molecule has 1 aromatic carbocycles. The molecular formula is C13H14FN3O. The number of nitrogen functional groups attached to an aromatic ring is 1. The minimum atomic E-state index is -0.524. The first-order valence-corrected chi connectivity index (χ1v) is 5.55. The van der Waals surface area contributed by atoms with Gasteiger partial charge in [0.25, 0.3) is 0 Å². The van der Waals surface area contributed by atoms with Crippen molar-refractivity contribution in [2.45, 2.75) is 0 Å². The van der Waals surface area contributed by atoms with Gasteiger partial charge in [-0.2, -0.15) is 0 Å². The zero-order valence-electron chi connectivity index (χ0n) is 9.77. The van der Waals surface area contributed by atoms with Gasteiger partial charge in [-0.3, -0.25) is 4.98 Å². The van der Waals surface area contributed by atoms with Crippen LogP contribution in [0.2, 0.25) is 0 Å². The van der Waals surface area contributed by atoms with E-state index in [1.54, 1.807) is 24.5 Å². The lowest BCUT2D eigenvalue weighted by molar-refractivity contribution is 0.274. The van der Waals surface area contributed by atoms with Crippen LogP contribution in [-0.4, -0.2) is 18.3 Å². The smallest absolute Gasteiger partial charge is 0.142 e. The Hall–Kier alpha value is -2.30. The Balaban J connectivity index is 2.21. The van der Waals surface area contributed by atoms with Crippen molar-refractivity contribution >= 4 is 17.1 Å². The van der Waals surface area contributed by atoms with E-state index in [1.165, 1.54) is 0 Å². The Morgan fingerprint density at radius 1 is 1.22 bits per heavy atom. The second-order valence-electron chi connectivity index (χ2n) is 3.62. The largest absolute Gasteiger partial charge is 0.489 e. The summed E-state index contributed by atoms with van der Waals surface area (Å²) in [6.45, 7) is -0.495. The van der Waals surface area contributed by atoms with Gasteiger partial charge >= 0.3 is 0 Å². The van der Waals surface area contributed by atoms with Crippen LogP contribution < -0.4 is 15.8 Å². The summed E-state index contributed by atoms with van der Waals surface area (Å²) in [5.74, 6) is 0.582. The monoisotopic (exact) mass is 247 g/mol. The summed E-state index contributed by atoms with van der Waals surface area (Å²) in [7, 11) is 0. The zero-order chi connectivity index (χ0) is 12.8. The molecule has 3 N–H and O–H groups in total. The lowest BCUT2D eigenvalue weighted by atomic mass is 10.2. The number of aromatic nitrogens is 1. The third-order valence-corrected chi connectivity index (χ3v) is 2.35. The topological polar surface area (TPSA) is 60.2 Å². The van der Waals surface area contributed by atoms with Crippen molar-refractivity contribution < 1.29 is 9.13 Å². The molecule has 0 aliphatic carbocycles. The van der Waals surface area contributed by atoms with Gasteiger partial charge < -0.3 is 15.8 Å². The third kappa shape index (κ3) is 2.88. The van der Waals surface area contributed by atoms with Crippen LogP contribution in [0.15, 0.2) is 42.7 Å². The summed E-state index contributed by atoms with van der Waals surface area (Å²) in [6.07, 6.45) is 3.24. The van der Waals surface area contributed by atoms with Crippen molar-refractivity contribution in [3.05, 3.63) is 42.7 Å². The number of hydrogen-bond acceptors (Lipinski definition) is 4. The number of alkyl halides is 1. The molecule has 2 rings (SSSR count). The maximum Gasteiger partial charge on any atom is 0.142 e. The van der Waals surface area contributed by atoms with E-state index in [1.807, 2.05) is 18.2 Å². The van der Waals surface area contributed by atoms with Crippen LogP contribution >= 0.6 is 0 Å². The molecule has 0 bridgehead atoms. The van der Waals surface area contributed by atoms with Gasteiger partial charge in [-0.05, 0) is 18.2 Å².